The molecule has 2 aromatic rings. The van der Waals surface area contributed by atoms with Crippen molar-refractivity contribution in [3.05, 3.63) is 58.1 Å². The number of hydrogen-bond donors (Lipinski definition) is 1. The molecule has 0 aliphatic heterocycles. The number of carbonyl (C=O) groups is 2. The highest BCUT2D eigenvalue weighted by Gasteiger charge is 2.20. The number of benzene rings is 2. The Bertz CT molecular complexity index is 757. The van der Waals surface area contributed by atoms with Crippen LogP contribution >= 0.6 is 23.2 Å². The molecule has 138 valence electrons. The fourth-order valence-corrected chi connectivity index (χ4v) is 2.52. The number of anilines is 1. The van der Waals surface area contributed by atoms with Gasteiger partial charge in [0.1, 0.15) is 5.75 Å². The molecule has 0 fully saturated rings. The zero-order chi connectivity index (χ0) is 19.1. The van der Waals surface area contributed by atoms with Gasteiger partial charge in [-0.2, -0.15) is 0 Å². The van der Waals surface area contributed by atoms with Crippen molar-refractivity contribution in [2.24, 2.45) is 0 Å². The number of rotatable bonds is 7. The van der Waals surface area contributed by atoms with Crippen molar-refractivity contribution in [2.75, 3.05) is 11.9 Å². The normalized spacial score (nSPS) is 11.5. The molecule has 1 amide bonds. The molecular weight excluding hydrogens is 377 g/mol. The lowest BCUT2D eigenvalue weighted by Crippen LogP contribution is -2.30. The maximum Gasteiger partial charge on any atom is 0.338 e. The van der Waals surface area contributed by atoms with Crippen molar-refractivity contribution in [3.63, 3.8) is 0 Å². The summed E-state index contributed by atoms with van der Waals surface area (Å²) >= 11 is 12.0. The second-order valence-corrected chi connectivity index (χ2v) is 6.32. The number of halogens is 2. The number of ether oxygens (including phenoxy) is 2. The van der Waals surface area contributed by atoms with Gasteiger partial charge in [-0.25, -0.2) is 4.79 Å². The summed E-state index contributed by atoms with van der Waals surface area (Å²) in [5.41, 5.74) is 0.602. The first-order chi connectivity index (χ1) is 12.4. The van der Waals surface area contributed by atoms with Crippen molar-refractivity contribution in [2.45, 2.75) is 26.4 Å². The predicted octanol–water partition coefficient (Wildman–Crippen LogP) is 4.97. The number of para-hydroxylation sites is 1. The smallest absolute Gasteiger partial charge is 0.338 e. The van der Waals surface area contributed by atoms with Crippen LogP contribution in [0.4, 0.5) is 5.69 Å². The number of nitrogens with one attached hydrogen (secondary N) is 1. The minimum absolute atomic E-state index is 0.279. The third-order valence-corrected chi connectivity index (χ3v) is 4.06. The minimum Gasteiger partial charge on any atom is -0.494 e. The van der Waals surface area contributed by atoms with Gasteiger partial charge in [0, 0.05) is 0 Å². The van der Waals surface area contributed by atoms with Crippen LogP contribution in [0, 0.1) is 0 Å². The SMILES string of the molecule is CCCOc1ccc(C(=O)O[C@H](C)C(=O)Nc2c(Cl)cccc2Cl)cc1. The summed E-state index contributed by atoms with van der Waals surface area (Å²) in [6.45, 7) is 4.08. The van der Waals surface area contributed by atoms with Crippen molar-refractivity contribution in [3.8, 4) is 5.75 Å². The highest BCUT2D eigenvalue weighted by molar-refractivity contribution is 6.39. The van der Waals surface area contributed by atoms with Gasteiger partial charge >= 0.3 is 5.97 Å². The van der Waals surface area contributed by atoms with Crippen LogP contribution < -0.4 is 10.1 Å². The lowest BCUT2D eigenvalue weighted by Gasteiger charge is -2.15. The van der Waals surface area contributed by atoms with Gasteiger partial charge < -0.3 is 14.8 Å². The third-order valence-electron chi connectivity index (χ3n) is 3.43. The molecule has 1 atom stereocenters. The van der Waals surface area contributed by atoms with Gasteiger partial charge in [-0.1, -0.05) is 36.2 Å². The van der Waals surface area contributed by atoms with E-state index in [2.05, 4.69) is 5.32 Å². The molecule has 0 radical (unpaired) electrons. The Morgan fingerprint density at radius 2 is 1.69 bits per heavy atom. The zero-order valence-corrected chi connectivity index (χ0v) is 15.9. The first-order valence-corrected chi connectivity index (χ1v) is 8.86. The number of carbonyl (C=O) groups excluding carboxylic acids is 2. The summed E-state index contributed by atoms with van der Waals surface area (Å²) in [6.07, 6.45) is -0.128. The Labute approximate surface area is 162 Å². The van der Waals surface area contributed by atoms with E-state index in [-0.39, 0.29) is 5.69 Å². The van der Waals surface area contributed by atoms with Gasteiger partial charge in [0.25, 0.3) is 5.91 Å². The zero-order valence-electron chi connectivity index (χ0n) is 14.4. The van der Waals surface area contributed by atoms with E-state index in [9.17, 15) is 9.59 Å². The summed E-state index contributed by atoms with van der Waals surface area (Å²) < 4.78 is 10.6. The molecule has 5 nitrogen and oxygen atoms in total. The van der Waals surface area contributed by atoms with Crippen LogP contribution in [0.1, 0.15) is 30.6 Å². The van der Waals surface area contributed by atoms with Gasteiger partial charge in [0.15, 0.2) is 6.10 Å². The molecule has 7 heteroatoms. The molecular formula is C19H19Cl2NO4. The minimum atomic E-state index is -1.02. The van der Waals surface area contributed by atoms with Gasteiger partial charge in [-0.15, -0.1) is 0 Å². The van der Waals surface area contributed by atoms with Crippen LogP contribution in [0.5, 0.6) is 5.75 Å². The molecule has 0 saturated heterocycles. The fourth-order valence-electron chi connectivity index (χ4n) is 2.03. The van der Waals surface area contributed by atoms with E-state index < -0.39 is 18.0 Å². The van der Waals surface area contributed by atoms with Gasteiger partial charge in [0.05, 0.1) is 27.9 Å². The van der Waals surface area contributed by atoms with Crippen LogP contribution in [-0.4, -0.2) is 24.6 Å². The van der Waals surface area contributed by atoms with Crippen LogP contribution in [0.15, 0.2) is 42.5 Å². The lowest BCUT2D eigenvalue weighted by molar-refractivity contribution is -0.123. The molecule has 26 heavy (non-hydrogen) atoms. The summed E-state index contributed by atoms with van der Waals surface area (Å²) in [7, 11) is 0. The van der Waals surface area contributed by atoms with Crippen molar-refractivity contribution in [1.29, 1.82) is 0 Å². The molecule has 1 N–H and O–H groups in total. The topological polar surface area (TPSA) is 64.6 Å². The number of esters is 1. The fraction of sp³-hybridized carbons (Fsp3) is 0.263. The Balaban J connectivity index is 1.96. The van der Waals surface area contributed by atoms with Crippen LogP contribution in [0.25, 0.3) is 0 Å². The highest BCUT2D eigenvalue weighted by Crippen LogP contribution is 2.30. The quantitative estimate of drug-likeness (QED) is 0.672. The summed E-state index contributed by atoms with van der Waals surface area (Å²) in [4.78, 5) is 24.4. The van der Waals surface area contributed by atoms with Gasteiger partial charge in [-0.05, 0) is 49.7 Å². The van der Waals surface area contributed by atoms with Crippen LogP contribution in [-0.2, 0) is 9.53 Å². The van der Waals surface area contributed by atoms with Crippen molar-refractivity contribution in [1.82, 2.24) is 0 Å². The highest BCUT2D eigenvalue weighted by atomic mass is 35.5. The second kappa shape index (κ2) is 9.46. The molecule has 0 aliphatic carbocycles. The molecule has 0 bridgehead atoms. The van der Waals surface area contributed by atoms with E-state index in [1.165, 1.54) is 6.92 Å². The molecule has 2 rings (SSSR count). The van der Waals surface area contributed by atoms with Crippen LogP contribution in [0.2, 0.25) is 10.0 Å². The molecule has 0 aliphatic rings. The maximum absolute atomic E-state index is 12.2. The van der Waals surface area contributed by atoms with E-state index in [0.717, 1.165) is 6.42 Å². The second-order valence-electron chi connectivity index (χ2n) is 5.51. The Hall–Kier alpha value is -2.24. The molecule has 0 spiro atoms. The summed E-state index contributed by atoms with van der Waals surface area (Å²) in [5, 5.41) is 3.16. The van der Waals surface area contributed by atoms with Gasteiger partial charge in [0.2, 0.25) is 0 Å². The maximum atomic E-state index is 12.2. The first kappa shape index (κ1) is 20.1. The monoisotopic (exact) mass is 395 g/mol. The average Bonchev–Trinajstić information content (AvgIpc) is 2.63. The predicted molar refractivity (Wildman–Crippen MR) is 102 cm³/mol. The Morgan fingerprint density at radius 3 is 2.27 bits per heavy atom. The van der Waals surface area contributed by atoms with Crippen molar-refractivity contribution >= 4 is 40.8 Å². The van der Waals surface area contributed by atoms with E-state index >= 15 is 0 Å². The third kappa shape index (κ3) is 5.38. The van der Waals surface area contributed by atoms with E-state index in [4.69, 9.17) is 32.7 Å². The lowest BCUT2D eigenvalue weighted by atomic mass is 10.2. The summed E-state index contributed by atoms with van der Waals surface area (Å²) in [5.74, 6) is -0.473. The first-order valence-electron chi connectivity index (χ1n) is 8.11. The Morgan fingerprint density at radius 1 is 1.08 bits per heavy atom. The van der Waals surface area contributed by atoms with E-state index in [1.807, 2.05) is 6.92 Å². The summed E-state index contributed by atoms with van der Waals surface area (Å²) in [6, 6.07) is 11.4. The number of hydrogen-bond acceptors (Lipinski definition) is 4. The standard InChI is InChI=1S/C19H19Cl2NO4/c1-3-11-25-14-9-7-13(8-10-14)19(24)26-12(2)18(23)22-17-15(20)5-4-6-16(17)21/h4-10,12H,3,11H2,1-2H3,(H,22,23)/t12-/m1/s1. The molecule has 0 heterocycles. The molecule has 0 saturated carbocycles. The van der Waals surface area contributed by atoms with Crippen LogP contribution in [0.3, 0.4) is 0 Å². The number of amides is 1. The average molecular weight is 396 g/mol. The Kier molecular flexibility index (Phi) is 7.30. The molecule has 2 aromatic carbocycles. The largest absolute Gasteiger partial charge is 0.494 e. The molecule has 0 aromatic heterocycles. The molecule has 0 unspecified atom stereocenters. The van der Waals surface area contributed by atoms with E-state index in [1.54, 1.807) is 42.5 Å². The van der Waals surface area contributed by atoms with Crippen molar-refractivity contribution < 1.29 is 19.1 Å². The van der Waals surface area contributed by atoms with E-state index in [0.29, 0.717) is 28.0 Å². The van der Waals surface area contributed by atoms with Gasteiger partial charge in [-0.3, -0.25) is 4.79 Å².